The topological polar surface area (TPSA) is 21.3 Å². The van der Waals surface area contributed by atoms with E-state index in [0.717, 1.165) is 24.6 Å². The first-order valence-electron chi connectivity index (χ1n) is 7.88. The van der Waals surface area contributed by atoms with Crippen LogP contribution in [0.2, 0.25) is 0 Å². The summed E-state index contributed by atoms with van der Waals surface area (Å²) >= 11 is 0. The van der Waals surface area contributed by atoms with Crippen LogP contribution in [0, 0.1) is 5.92 Å². The fourth-order valence-electron chi connectivity index (χ4n) is 3.34. The van der Waals surface area contributed by atoms with E-state index < -0.39 is 0 Å². The first kappa shape index (κ1) is 12.8. The largest absolute Gasteiger partial charge is 0.486 e. The van der Waals surface area contributed by atoms with E-state index in [0.29, 0.717) is 6.10 Å². The number of benzene rings is 1. The third kappa shape index (κ3) is 3.05. The summed E-state index contributed by atoms with van der Waals surface area (Å²) in [6.07, 6.45) is 9.76. The van der Waals surface area contributed by atoms with Gasteiger partial charge in [-0.15, -0.1) is 0 Å². The van der Waals surface area contributed by atoms with Gasteiger partial charge in [-0.1, -0.05) is 45.1 Å². The van der Waals surface area contributed by atoms with Crippen LogP contribution in [-0.4, -0.2) is 12.6 Å². The van der Waals surface area contributed by atoms with Gasteiger partial charge in [-0.25, -0.2) is 0 Å². The molecule has 1 aromatic rings. The van der Waals surface area contributed by atoms with Crippen molar-refractivity contribution in [2.24, 2.45) is 5.92 Å². The Morgan fingerprint density at radius 1 is 1.21 bits per heavy atom. The van der Waals surface area contributed by atoms with Crippen molar-refractivity contribution >= 4 is 5.69 Å². The molecule has 1 aliphatic carbocycles. The maximum Gasteiger partial charge on any atom is 0.142 e. The van der Waals surface area contributed by atoms with E-state index in [-0.39, 0.29) is 0 Å². The number of anilines is 1. The number of hydrogen-bond acceptors (Lipinski definition) is 2. The van der Waals surface area contributed by atoms with Gasteiger partial charge in [-0.2, -0.15) is 0 Å². The second kappa shape index (κ2) is 5.85. The highest BCUT2D eigenvalue weighted by molar-refractivity contribution is 5.59. The summed E-state index contributed by atoms with van der Waals surface area (Å²) < 4.78 is 5.96. The Labute approximate surface area is 116 Å². The molecule has 2 aliphatic rings. The molecule has 0 unspecified atom stereocenters. The number of ether oxygens (including phenoxy) is 1. The van der Waals surface area contributed by atoms with Crippen LogP contribution in [0.4, 0.5) is 5.69 Å². The Bertz CT molecular complexity index is 423. The molecule has 1 atom stereocenters. The Morgan fingerprint density at radius 2 is 2.05 bits per heavy atom. The van der Waals surface area contributed by atoms with E-state index in [4.69, 9.17) is 4.74 Å². The van der Waals surface area contributed by atoms with Gasteiger partial charge in [0.25, 0.3) is 0 Å². The highest BCUT2D eigenvalue weighted by atomic mass is 16.5. The van der Waals surface area contributed by atoms with Gasteiger partial charge in [-0.05, 0) is 36.5 Å². The molecule has 19 heavy (non-hydrogen) atoms. The zero-order valence-electron chi connectivity index (χ0n) is 12.0. The van der Waals surface area contributed by atoms with Gasteiger partial charge < -0.3 is 10.1 Å². The third-order valence-electron chi connectivity index (χ3n) is 4.56. The SMILES string of the molecule is CC[C@H]1CNc2cc(CC3CCCCC3)ccc2O1. The highest BCUT2D eigenvalue weighted by Crippen LogP contribution is 2.33. The summed E-state index contributed by atoms with van der Waals surface area (Å²) in [6, 6.07) is 6.71. The van der Waals surface area contributed by atoms with Crippen LogP contribution in [0.1, 0.15) is 51.0 Å². The van der Waals surface area contributed by atoms with Crippen molar-refractivity contribution in [2.75, 3.05) is 11.9 Å². The molecule has 1 heterocycles. The van der Waals surface area contributed by atoms with Crippen LogP contribution in [-0.2, 0) is 6.42 Å². The van der Waals surface area contributed by atoms with Gasteiger partial charge in [0.2, 0.25) is 0 Å². The molecule has 0 bridgehead atoms. The highest BCUT2D eigenvalue weighted by Gasteiger charge is 2.19. The molecular weight excluding hydrogens is 234 g/mol. The summed E-state index contributed by atoms with van der Waals surface area (Å²) in [5, 5.41) is 3.52. The summed E-state index contributed by atoms with van der Waals surface area (Å²) in [5.41, 5.74) is 2.66. The molecule has 0 spiro atoms. The van der Waals surface area contributed by atoms with Crippen LogP contribution < -0.4 is 10.1 Å². The molecule has 1 aromatic carbocycles. The lowest BCUT2D eigenvalue weighted by Gasteiger charge is -2.27. The zero-order chi connectivity index (χ0) is 13.1. The monoisotopic (exact) mass is 259 g/mol. The maximum absolute atomic E-state index is 5.96. The van der Waals surface area contributed by atoms with Gasteiger partial charge in [0, 0.05) is 0 Å². The van der Waals surface area contributed by atoms with Gasteiger partial charge in [0.05, 0.1) is 12.2 Å². The second-order valence-corrected chi connectivity index (χ2v) is 6.07. The lowest BCUT2D eigenvalue weighted by Crippen LogP contribution is -2.30. The first-order chi connectivity index (χ1) is 9.35. The Balaban J connectivity index is 1.67. The molecule has 0 radical (unpaired) electrons. The molecule has 1 fully saturated rings. The average Bonchev–Trinajstić information content (AvgIpc) is 2.48. The second-order valence-electron chi connectivity index (χ2n) is 6.07. The predicted octanol–water partition coefficient (Wildman–Crippen LogP) is 4.39. The molecule has 1 N–H and O–H groups in total. The molecule has 1 aliphatic heterocycles. The van der Waals surface area contributed by atoms with Crippen LogP contribution in [0.15, 0.2) is 18.2 Å². The molecule has 2 heteroatoms. The van der Waals surface area contributed by atoms with Crippen LogP contribution >= 0.6 is 0 Å². The van der Waals surface area contributed by atoms with Crippen molar-refractivity contribution in [3.8, 4) is 5.75 Å². The lowest BCUT2D eigenvalue weighted by atomic mass is 9.85. The average molecular weight is 259 g/mol. The Kier molecular flexibility index (Phi) is 3.95. The predicted molar refractivity (Wildman–Crippen MR) is 79.9 cm³/mol. The van der Waals surface area contributed by atoms with Crippen molar-refractivity contribution in [1.82, 2.24) is 0 Å². The minimum atomic E-state index is 0.330. The van der Waals surface area contributed by atoms with Crippen LogP contribution in [0.25, 0.3) is 0 Å². The van der Waals surface area contributed by atoms with E-state index >= 15 is 0 Å². The standard InChI is InChI=1S/C17H25NO/c1-2-15-12-18-16-11-14(8-9-17(16)19-15)10-13-6-4-3-5-7-13/h8-9,11,13,15,18H,2-7,10,12H2,1H3/t15-/m0/s1. The lowest BCUT2D eigenvalue weighted by molar-refractivity contribution is 0.201. The molecule has 1 saturated carbocycles. The van der Waals surface area contributed by atoms with Gasteiger partial charge in [0.1, 0.15) is 11.9 Å². The fourth-order valence-corrected chi connectivity index (χ4v) is 3.34. The summed E-state index contributed by atoms with van der Waals surface area (Å²) in [6.45, 7) is 3.12. The van der Waals surface area contributed by atoms with Gasteiger partial charge >= 0.3 is 0 Å². The van der Waals surface area contributed by atoms with E-state index in [1.807, 2.05) is 0 Å². The normalized spacial score (nSPS) is 23.3. The van der Waals surface area contributed by atoms with Crippen molar-refractivity contribution in [3.63, 3.8) is 0 Å². The molecule has 3 rings (SSSR count). The summed E-state index contributed by atoms with van der Waals surface area (Å²) in [7, 11) is 0. The molecule has 104 valence electrons. The van der Waals surface area contributed by atoms with Gasteiger partial charge in [0.15, 0.2) is 0 Å². The zero-order valence-corrected chi connectivity index (χ0v) is 12.0. The summed E-state index contributed by atoms with van der Waals surface area (Å²) in [4.78, 5) is 0. The van der Waals surface area contributed by atoms with E-state index in [1.165, 1.54) is 49.8 Å². The van der Waals surface area contributed by atoms with Crippen LogP contribution in [0.3, 0.4) is 0 Å². The van der Waals surface area contributed by atoms with Crippen molar-refractivity contribution in [3.05, 3.63) is 23.8 Å². The Hall–Kier alpha value is -1.18. The Morgan fingerprint density at radius 3 is 2.84 bits per heavy atom. The summed E-state index contributed by atoms with van der Waals surface area (Å²) in [5.74, 6) is 1.94. The third-order valence-corrected chi connectivity index (χ3v) is 4.56. The smallest absolute Gasteiger partial charge is 0.142 e. The van der Waals surface area contributed by atoms with E-state index in [2.05, 4.69) is 30.4 Å². The molecule has 0 saturated heterocycles. The quantitative estimate of drug-likeness (QED) is 0.869. The van der Waals surface area contributed by atoms with E-state index in [1.54, 1.807) is 0 Å². The molecule has 2 nitrogen and oxygen atoms in total. The molecule has 0 aromatic heterocycles. The van der Waals surface area contributed by atoms with Crippen molar-refractivity contribution < 1.29 is 4.74 Å². The fraction of sp³-hybridized carbons (Fsp3) is 0.647. The number of fused-ring (bicyclic) bond motifs is 1. The van der Waals surface area contributed by atoms with Crippen molar-refractivity contribution in [1.29, 1.82) is 0 Å². The van der Waals surface area contributed by atoms with Gasteiger partial charge in [-0.3, -0.25) is 0 Å². The number of hydrogen-bond donors (Lipinski definition) is 1. The molecular formula is C17H25NO. The van der Waals surface area contributed by atoms with Crippen LogP contribution in [0.5, 0.6) is 5.75 Å². The molecule has 0 amide bonds. The minimum Gasteiger partial charge on any atom is -0.486 e. The van der Waals surface area contributed by atoms with Crippen molar-refractivity contribution in [2.45, 2.75) is 58.0 Å². The number of nitrogens with one attached hydrogen (secondary N) is 1. The number of rotatable bonds is 3. The maximum atomic E-state index is 5.96. The first-order valence-corrected chi connectivity index (χ1v) is 7.88. The van der Waals surface area contributed by atoms with E-state index in [9.17, 15) is 0 Å². The minimum absolute atomic E-state index is 0.330.